The first-order chi connectivity index (χ1) is 16.2. The van der Waals surface area contributed by atoms with Crippen LogP contribution in [0.5, 0.6) is 5.75 Å². The number of fused-ring (bicyclic) bond motifs is 1. The number of ether oxygens (including phenoxy) is 4. The molecule has 1 aliphatic heterocycles. The summed E-state index contributed by atoms with van der Waals surface area (Å²) in [6.45, 7) is 0.484. The van der Waals surface area contributed by atoms with Crippen molar-refractivity contribution in [3.05, 3.63) is 40.2 Å². The maximum atomic E-state index is 12.1. The fourth-order valence-corrected chi connectivity index (χ4v) is 4.56. The Kier molecular flexibility index (Phi) is 8.50. The van der Waals surface area contributed by atoms with Crippen molar-refractivity contribution in [1.29, 1.82) is 0 Å². The molecule has 4 atom stereocenters. The van der Waals surface area contributed by atoms with E-state index in [-0.39, 0.29) is 5.75 Å². The van der Waals surface area contributed by atoms with E-state index < -0.39 is 66.9 Å². The molecule has 0 spiro atoms. The first-order valence-corrected chi connectivity index (χ1v) is 11.3. The third-order valence-corrected chi connectivity index (χ3v) is 6.09. The lowest BCUT2D eigenvalue weighted by Crippen LogP contribution is -2.57. The van der Waals surface area contributed by atoms with Gasteiger partial charge in [-0.1, -0.05) is 0 Å². The van der Waals surface area contributed by atoms with Crippen LogP contribution in [-0.4, -0.2) is 67.0 Å². The number of nitrogens with two attached hydrogens (primary N) is 3. The van der Waals surface area contributed by atoms with Crippen LogP contribution in [0.3, 0.4) is 0 Å². The molecule has 2 aromatic rings. The summed E-state index contributed by atoms with van der Waals surface area (Å²) in [6.07, 6.45) is -3.42. The van der Waals surface area contributed by atoms with E-state index in [1.54, 1.807) is 19.1 Å². The minimum atomic E-state index is -1.23. The standard InChI is InChI=1S/C21H25N3O9S/c1-10-4-15(25)30-13-5-11(2-3-12(10)13)29-21-20(33-18(28)8-24)19(32-17(27)7-23)14(9-34-21)31-16(26)6-22/h2-5,14,19-21H,6-9,22-24H2,1H3/t14-,19+,20-,21+/m1/s1. The predicted octanol–water partition coefficient (Wildman–Crippen LogP) is -0.835. The third kappa shape index (κ3) is 6.05. The van der Waals surface area contributed by atoms with Crippen LogP contribution in [0.4, 0.5) is 0 Å². The summed E-state index contributed by atoms with van der Waals surface area (Å²) in [4.78, 5) is 47.6. The molecule has 0 radical (unpaired) electrons. The smallest absolute Gasteiger partial charge is 0.336 e. The van der Waals surface area contributed by atoms with E-state index in [1.165, 1.54) is 12.1 Å². The summed E-state index contributed by atoms with van der Waals surface area (Å²) in [5.41, 5.74) is 15.7. The van der Waals surface area contributed by atoms with Gasteiger partial charge in [0.1, 0.15) is 11.3 Å². The van der Waals surface area contributed by atoms with Crippen LogP contribution in [0.2, 0.25) is 0 Å². The van der Waals surface area contributed by atoms with Crippen molar-refractivity contribution >= 4 is 40.6 Å². The number of hydrogen-bond donors (Lipinski definition) is 3. The number of rotatable bonds is 8. The van der Waals surface area contributed by atoms with E-state index in [0.29, 0.717) is 11.3 Å². The van der Waals surface area contributed by atoms with Crippen LogP contribution in [0.1, 0.15) is 5.56 Å². The van der Waals surface area contributed by atoms with Gasteiger partial charge >= 0.3 is 23.5 Å². The van der Waals surface area contributed by atoms with Gasteiger partial charge in [-0.2, -0.15) is 0 Å². The van der Waals surface area contributed by atoms with Crippen molar-refractivity contribution in [1.82, 2.24) is 0 Å². The van der Waals surface area contributed by atoms with Crippen molar-refractivity contribution in [2.45, 2.75) is 30.7 Å². The Balaban J connectivity index is 1.93. The summed E-state index contributed by atoms with van der Waals surface area (Å²) in [6, 6.07) is 6.27. The zero-order valence-corrected chi connectivity index (χ0v) is 19.1. The molecule has 1 aromatic carbocycles. The molecule has 34 heavy (non-hydrogen) atoms. The van der Waals surface area contributed by atoms with Gasteiger partial charge in [0.15, 0.2) is 23.7 Å². The van der Waals surface area contributed by atoms with E-state index in [9.17, 15) is 19.2 Å². The van der Waals surface area contributed by atoms with Crippen LogP contribution < -0.4 is 27.6 Å². The summed E-state index contributed by atoms with van der Waals surface area (Å²) < 4.78 is 27.4. The van der Waals surface area contributed by atoms with Gasteiger partial charge in [-0.15, -0.1) is 11.8 Å². The molecule has 0 aliphatic carbocycles. The van der Waals surface area contributed by atoms with Crippen LogP contribution in [0.25, 0.3) is 11.0 Å². The molecule has 184 valence electrons. The number of esters is 3. The molecule has 6 N–H and O–H groups in total. The number of carbonyl (C=O) groups excluding carboxylic acids is 3. The maximum absolute atomic E-state index is 12.1. The molecule has 1 aromatic heterocycles. The molecule has 12 nitrogen and oxygen atoms in total. The van der Waals surface area contributed by atoms with Gasteiger partial charge in [-0.05, 0) is 24.6 Å². The zero-order valence-electron chi connectivity index (χ0n) is 18.3. The summed E-state index contributed by atoms with van der Waals surface area (Å²) in [5, 5.41) is 0.720. The normalized spacial score (nSPS) is 22.1. The predicted molar refractivity (Wildman–Crippen MR) is 121 cm³/mol. The highest BCUT2D eigenvalue weighted by Crippen LogP contribution is 2.35. The quantitative estimate of drug-likeness (QED) is 0.233. The van der Waals surface area contributed by atoms with E-state index >= 15 is 0 Å². The molecule has 0 unspecified atom stereocenters. The van der Waals surface area contributed by atoms with Gasteiger partial charge in [0, 0.05) is 23.3 Å². The Morgan fingerprint density at radius 2 is 1.59 bits per heavy atom. The number of thioether (sulfide) groups is 1. The Morgan fingerprint density at radius 1 is 0.971 bits per heavy atom. The Hall–Kier alpha value is -3.13. The van der Waals surface area contributed by atoms with Gasteiger partial charge in [0.2, 0.25) is 0 Å². The summed E-state index contributed by atoms with van der Waals surface area (Å²) >= 11 is 1.16. The Bertz CT molecular complexity index is 1120. The number of aryl methyl sites for hydroxylation is 1. The Labute approximate surface area is 198 Å². The van der Waals surface area contributed by atoms with Gasteiger partial charge in [0.05, 0.1) is 19.6 Å². The minimum absolute atomic E-state index is 0.136. The van der Waals surface area contributed by atoms with E-state index in [0.717, 1.165) is 22.7 Å². The van der Waals surface area contributed by atoms with Gasteiger partial charge < -0.3 is 40.6 Å². The van der Waals surface area contributed by atoms with Gasteiger partial charge in [0.25, 0.3) is 0 Å². The van der Waals surface area contributed by atoms with Crippen molar-refractivity contribution < 1.29 is 37.7 Å². The second-order valence-electron chi connectivity index (χ2n) is 7.28. The van der Waals surface area contributed by atoms with Crippen LogP contribution in [0.15, 0.2) is 33.5 Å². The molecule has 0 amide bonds. The topological polar surface area (TPSA) is 196 Å². The Morgan fingerprint density at radius 3 is 2.24 bits per heavy atom. The molecule has 0 saturated carbocycles. The first kappa shape index (κ1) is 25.5. The molecule has 3 rings (SSSR count). The third-order valence-electron chi connectivity index (χ3n) is 4.88. The second-order valence-corrected chi connectivity index (χ2v) is 8.41. The van der Waals surface area contributed by atoms with Crippen molar-refractivity contribution in [2.75, 3.05) is 25.4 Å². The fourth-order valence-electron chi connectivity index (χ4n) is 3.34. The number of carbonyl (C=O) groups is 3. The lowest BCUT2D eigenvalue weighted by Gasteiger charge is -2.40. The van der Waals surface area contributed by atoms with Crippen LogP contribution in [0, 0.1) is 6.92 Å². The number of benzene rings is 1. The fraction of sp³-hybridized carbons (Fsp3) is 0.429. The largest absolute Gasteiger partial charge is 0.476 e. The lowest BCUT2D eigenvalue weighted by atomic mass is 10.1. The van der Waals surface area contributed by atoms with Crippen LogP contribution >= 0.6 is 11.8 Å². The SMILES string of the molecule is Cc1cc(=O)oc2cc(O[C@H]3SC[C@@H](OC(=O)CN)[C@H](OC(=O)CN)[C@H]3OC(=O)CN)ccc12. The molecule has 1 saturated heterocycles. The van der Waals surface area contributed by atoms with Gasteiger partial charge in [-0.3, -0.25) is 14.4 Å². The van der Waals surface area contributed by atoms with Gasteiger partial charge in [-0.25, -0.2) is 4.79 Å². The zero-order chi connectivity index (χ0) is 24.8. The summed E-state index contributed by atoms with van der Waals surface area (Å²) in [5.74, 6) is -1.89. The highest BCUT2D eigenvalue weighted by molar-refractivity contribution is 7.99. The molecule has 1 fully saturated rings. The molecule has 0 bridgehead atoms. The molecule has 2 heterocycles. The monoisotopic (exact) mass is 495 g/mol. The maximum Gasteiger partial charge on any atom is 0.336 e. The molecular formula is C21H25N3O9S. The average Bonchev–Trinajstić information content (AvgIpc) is 2.81. The van der Waals surface area contributed by atoms with E-state index in [1.807, 2.05) is 0 Å². The average molecular weight is 496 g/mol. The van der Waals surface area contributed by atoms with E-state index in [2.05, 4.69) is 0 Å². The highest BCUT2D eigenvalue weighted by Gasteiger charge is 2.48. The van der Waals surface area contributed by atoms with Crippen molar-refractivity contribution in [3.63, 3.8) is 0 Å². The molecular weight excluding hydrogens is 470 g/mol. The van der Waals surface area contributed by atoms with E-state index in [4.69, 9.17) is 40.6 Å². The minimum Gasteiger partial charge on any atom is -0.476 e. The highest BCUT2D eigenvalue weighted by atomic mass is 32.2. The van der Waals surface area contributed by atoms with Crippen LogP contribution in [-0.2, 0) is 28.6 Å². The lowest BCUT2D eigenvalue weighted by molar-refractivity contribution is -0.187. The second kappa shape index (κ2) is 11.3. The number of hydrogen-bond acceptors (Lipinski definition) is 13. The van der Waals surface area contributed by atoms with Crippen molar-refractivity contribution in [3.8, 4) is 5.75 Å². The van der Waals surface area contributed by atoms with Crippen molar-refractivity contribution in [2.24, 2.45) is 17.2 Å². The molecule has 13 heteroatoms. The molecule has 1 aliphatic rings. The first-order valence-electron chi connectivity index (χ1n) is 10.3. The summed E-state index contributed by atoms with van der Waals surface area (Å²) in [7, 11) is 0.